The van der Waals surface area contributed by atoms with Crippen LogP contribution in [0.15, 0.2) is 45.5 Å². The first kappa shape index (κ1) is 18.4. The molecule has 8 heteroatoms. The molecule has 23 heavy (non-hydrogen) atoms. The Balaban J connectivity index is 2.12. The van der Waals surface area contributed by atoms with Crippen LogP contribution in [-0.4, -0.2) is 26.7 Å². The molecule has 1 aliphatic rings. The van der Waals surface area contributed by atoms with Crippen molar-refractivity contribution >= 4 is 71.1 Å². The molecule has 0 saturated carbocycles. The number of nitrogens with one attached hydrogen (secondary N) is 1. The number of hydrogen-bond acceptors (Lipinski definition) is 4. The van der Waals surface area contributed by atoms with Crippen molar-refractivity contribution in [3.05, 3.63) is 40.4 Å². The lowest BCUT2D eigenvalue weighted by atomic mass is 9.88. The average molecular weight is 509 g/mol. The minimum absolute atomic E-state index is 0.0693. The highest BCUT2D eigenvalue weighted by Crippen LogP contribution is 2.36. The first-order valence-electron chi connectivity index (χ1n) is 6.59. The molecule has 1 amide bonds. The maximum atomic E-state index is 11.8. The molecule has 0 spiro atoms. The largest absolute Gasteiger partial charge is 0.437 e. The van der Waals surface area contributed by atoms with Crippen LogP contribution < -0.4 is 5.32 Å². The average Bonchev–Trinajstić information content (AvgIpc) is 2.47. The van der Waals surface area contributed by atoms with Crippen LogP contribution in [0.5, 0.6) is 0 Å². The van der Waals surface area contributed by atoms with Gasteiger partial charge >= 0.3 is 6.09 Å². The molecule has 1 aromatic carbocycles. The van der Waals surface area contributed by atoms with E-state index in [-0.39, 0.29) is 5.78 Å². The first-order chi connectivity index (χ1) is 10.7. The van der Waals surface area contributed by atoms with E-state index in [0.29, 0.717) is 17.0 Å². The summed E-state index contributed by atoms with van der Waals surface area (Å²) in [4.78, 5) is 28.1. The number of hydrogen-bond donors (Lipinski definition) is 1. The van der Waals surface area contributed by atoms with Crippen molar-refractivity contribution in [1.82, 2.24) is 0 Å². The number of oxime groups is 1. The third kappa shape index (κ3) is 4.30. The lowest BCUT2D eigenvalue weighted by Crippen LogP contribution is -2.46. The van der Waals surface area contributed by atoms with Crippen LogP contribution in [0.2, 0.25) is 0 Å². The summed E-state index contributed by atoms with van der Waals surface area (Å²) in [6.45, 7) is 3.53. The first-order valence-corrected chi connectivity index (χ1v) is 9.09. The van der Waals surface area contributed by atoms with Gasteiger partial charge in [0.25, 0.3) is 0 Å². The van der Waals surface area contributed by atoms with E-state index in [9.17, 15) is 9.59 Å². The quantitative estimate of drug-likeness (QED) is 0.354. The second-order valence-electron chi connectivity index (χ2n) is 5.12. The second-order valence-corrected chi connectivity index (χ2v) is 8.60. The van der Waals surface area contributed by atoms with Gasteiger partial charge in [-0.1, -0.05) is 52.9 Å². The van der Waals surface area contributed by atoms with Crippen LogP contribution >= 0.6 is 47.8 Å². The Morgan fingerprint density at radius 1 is 1.35 bits per heavy atom. The summed E-state index contributed by atoms with van der Waals surface area (Å²) in [5, 5.41) is 6.48. The number of carbonyl (C=O) groups is 2. The number of rotatable bonds is 2. The number of allylic oxidation sites excluding steroid dienone is 2. The predicted octanol–water partition coefficient (Wildman–Crippen LogP) is 4.80. The van der Waals surface area contributed by atoms with Gasteiger partial charge < -0.3 is 0 Å². The molecule has 2 unspecified atom stereocenters. The highest BCUT2D eigenvalue weighted by molar-refractivity contribution is 9.13. The summed E-state index contributed by atoms with van der Waals surface area (Å²) in [6.07, 6.45) is 0.760. The van der Waals surface area contributed by atoms with Gasteiger partial charge in [0.05, 0.1) is 9.15 Å². The molecular formula is C15H13Br3N2O3. The normalized spacial score (nSPS) is 26.0. The Bertz CT molecular complexity index is 696. The van der Waals surface area contributed by atoms with Gasteiger partial charge in [-0.15, -0.1) is 0 Å². The Kier molecular flexibility index (Phi) is 5.80. The fourth-order valence-corrected chi connectivity index (χ4v) is 3.27. The number of halogens is 3. The van der Waals surface area contributed by atoms with Gasteiger partial charge in [0, 0.05) is 10.2 Å². The van der Waals surface area contributed by atoms with Crippen LogP contribution in [-0.2, 0) is 9.63 Å². The Labute approximate surface area is 158 Å². The lowest BCUT2D eigenvalue weighted by Gasteiger charge is -2.31. The predicted molar refractivity (Wildman–Crippen MR) is 100 cm³/mol. The third-order valence-corrected chi connectivity index (χ3v) is 6.57. The molecule has 0 saturated heterocycles. The van der Waals surface area contributed by atoms with Crippen molar-refractivity contribution in [2.45, 2.75) is 23.0 Å². The molecule has 0 aliphatic heterocycles. The smallest absolute Gasteiger partial charge is 0.297 e. The molecule has 0 aromatic heterocycles. The van der Waals surface area contributed by atoms with E-state index in [1.165, 1.54) is 6.08 Å². The van der Waals surface area contributed by atoms with E-state index in [4.69, 9.17) is 4.84 Å². The van der Waals surface area contributed by atoms with E-state index in [2.05, 4.69) is 58.3 Å². The molecule has 5 nitrogen and oxygen atoms in total. The molecule has 2 rings (SSSR count). The summed E-state index contributed by atoms with van der Waals surface area (Å²) >= 11 is 10.1. The zero-order valence-corrected chi connectivity index (χ0v) is 17.0. The maximum absolute atomic E-state index is 11.8. The van der Waals surface area contributed by atoms with Crippen molar-refractivity contribution in [2.24, 2.45) is 5.16 Å². The standard InChI is InChI=1S/C15H13Br3N2O3/c1-8-7-11(21)12(17)15(2,18)13(8)20-23-14(22)19-10-5-3-9(16)4-6-10/h3-7,12H,1-2H3,(H,19,22). The molecule has 0 fully saturated rings. The molecule has 0 bridgehead atoms. The van der Waals surface area contributed by atoms with Crippen LogP contribution in [0, 0.1) is 0 Å². The van der Waals surface area contributed by atoms with Crippen molar-refractivity contribution < 1.29 is 14.4 Å². The topological polar surface area (TPSA) is 67.8 Å². The maximum Gasteiger partial charge on any atom is 0.437 e. The molecule has 1 N–H and O–H groups in total. The fourth-order valence-electron chi connectivity index (χ4n) is 2.05. The second kappa shape index (κ2) is 7.27. The van der Waals surface area contributed by atoms with Crippen LogP contribution in [0.1, 0.15) is 13.8 Å². The molecule has 0 heterocycles. The number of amides is 1. The number of carbonyl (C=O) groups excluding carboxylic acids is 2. The van der Waals surface area contributed by atoms with Gasteiger partial charge in [-0.05, 0) is 49.8 Å². The number of alkyl halides is 2. The van der Waals surface area contributed by atoms with E-state index in [0.717, 1.165) is 4.47 Å². The number of benzene rings is 1. The fraction of sp³-hybridized carbons (Fsp3) is 0.267. The van der Waals surface area contributed by atoms with Gasteiger partial charge in [0.1, 0.15) is 5.71 Å². The van der Waals surface area contributed by atoms with Gasteiger partial charge in [-0.2, -0.15) is 0 Å². The van der Waals surface area contributed by atoms with Crippen LogP contribution in [0.4, 0.5) is 10.5 Å². The summed E-state index contributed by atoms with van der Waals surface area (Å²) in [6, 6.07) is 7.05. The summed E-state index contributed by atoms with van der Waals surface area (Å²) in [5.41, 5.74) is 1.70. The zero-order valence-electron chi connectivity index (χ0n) is 12.3. The Morgan fingerprint density at radius 3 is 2.57 bits per heavy atom. The molecule has 1 aliphatic carbocycles. The minimum Gasteiger partial charge on any atom is -0.297 e. The summed E-state index contributed by atoms with van der Waals surface area (Å²) < 4.78 is 0.142. The van der Waals surface area contributed by atoms with Gasteiger partial charge in [-0.3, -0.25) is 14.9 Å². The monoisotopic (exact) mass is 506 g/mol. The van der Waals surface area contributed by atoms with Gasteiger partial charge in [0.15, 0.2) is 5.78 Å². The SMILES string of the molecule is CC1=CC(=O)C(Br)C(C)(Br)C1=NOC(=O)Nc1ccc(Br)cc1. The molecule has 2 atom stereocenters. The van der Waals surface area contributed by atoms with Crippen molar-refractivity contribution in [3.63, 3.8) is 0 Å². The van der Waals surface area contributed by atoms with E-state index < -0.39 is 15.2 Å². The Morgan fingerprint density at radius 2 is 1.96 bits per heavy atom. The number of nitrogens with zero attached hydrogens (tertiary/aromatic N) is 1. The highest BCUT2D eigenvalue weighted by Gasteiger charge is 2.43. The van der Waals surface area contributed by atoms with Gasteiger partial charge in [0.2, 0.25) is 0 Å². The Hall–Kier alpha value is -0.990. The van der Waals surface area contributed by atoms with Crippen molar-refractivity contribution in [2.75, 3.05) is 5.32 Å². The molecular weight excluding hydrogens is 496 g/mol. The van der Waals surface area contributed by atoms with Gasteiger partial charge in [-0.25, -0.2) is 4.79 Å². The van der Waals surface area contributed by atoms with Crippen molar-refractivity contribution in [3.8, 4) is 0 Å². The minimum atomic E-state index is -0.763. The third-order valence-electron chi connectivity index (χ3n) is 3.23. The molecule has 0 radical (unpaired) electrons. The van der Waals surface area contributed by atoms with E-state index >= 15 is 0 Å². The summed E-state index contributed by atoms with van der Waals surface area (Å²) in [5.74, 6) is -0.0693. The van der Waals surface area contributed by atoms with E-state index in [1.807, 2.05) is 0 Å². The highest BCUT2D eigenvalue weighted by atomic mass is 79.9. The molecule has 122 valence electrons. The zero-order chi connectivity index (χ0) is 17.2. The van der Waals surface area contributed by atoms with Crippen LogP contribution in [0.3, 0.4) is 0 Å². The van der Waals surface area contributed by atoms with Crippen LogP contribution in [0.25, 0.3) is 0 Å². The number of ketones is 1. The molecule has 1 aromatic rings. The lowest BCUT2D eigenvalue weighted by molar-refractivity contribution is -0.114. The number of anilines is 1. The summed E-state index contributed by atoms with van der Waals surface area (Å²) in [7, 11) is 0. The van der Waals surface area contributed by atoms with E-state index in [1.54, 1.807) is 38.1 Å². The van der Waals surface area contributed by atoms with Crippen molar-refractivity contribution in [1.29, 1.82) is 0 Å².